The van der Waals surface area contributed by atoms with Gasteiger partial charge < -0.3 is 5.73 Å². The molecule has 4 fully saturated rings. The molecule has 0 atom stereocenters. The molecule has 5 rings (SSSR count). The maximum Gasteiger partial charge on any atom is 0.240 e. The summed E-state index contributed by atoms with van der Waals surface area (Å²) in [6.07, 6.45) is 8.12. The fourth-order valence-electron chi connectivity index (χ4n) is 5.82. The number of rotatable bonds is 5. The molecular weight excluding hydrogens is 320 g/mol. The Morgan fingerprint density at radius 1 is 1.08 bits per heavy atom. The van der Waals surface area contributed by atoms with E-state index in [4.69, 9.17) is 5.73 Å². The minimum absolute atomic E-state index is 0.274. The van der Waals surface area contributed by atoms with Crippen LogP contribution in [0.3, 0.4) is 0 Å². The highest BCUT2D eigenvalue weighted by molar-refractivity contribution is 7.89. The van der Waals surface area contributed by atoms with Crippen molar-refractivity contribution in [2.75, 3.05) is 12.3 Å². The van der Waals surface area contributed by atoms with Crippen LogP contribution >= 0.6 is 0 Å². The van der Waals surface area contributed by atoms with Crippen LogP contribution in [0.15, 0.2) is 23.1 Å². The monoisotopic (exact) mass is 348 g/mol. The molecule has 0 radical (unpaired) electrons. The van der Waals surface area contributed by atoms with Crippen LogP contribution in [-0.2, 0) is 16.4 Å². The number of hydrogen-bond donors (Lipinski definition) is 2. The second kappa shape index (κ2) is 6.03. The van der Waals surface area contributed by atoms with Crippen LogP contribution in [0.4, 0.5) is 5.69 Å². The zero-order chi connectivity index (χ0) is 16.9. The van der Waals surface area contributed by atoms with Crippen LogP contribution in [0.5, 0.6) is 0 Å². The van der Waals surface area contributed by atoms with E-state index in [0.717, 1.165) is 41.6 Å². The topological polar surface area (TPSA) is 72.2 Å². The highest BCUT2D eigenvalue weighted by Crippen LogP contribution is 2.57. The second-order valence-electron chi connectivity index (χ2n) is 8.16. The van der Waals surface area contributed by atoms with Crippen molar-refractivity contribution in [2.24, 2.45) is 29.6 Å². The minimum Gasteiger partial charge on any atom is -0.398 e. The van der Waals surface area contributed by atoms with Gasteiger partial charge in [0.25, 0.3) is 0 Å². The number of benzene rings is 1. The van der Waals surface area contributed by atoms with E-state index in [-0.39, 0.29) is 4.90 Å². The molecule has 0 spiro atoms. The Bertz CT molecular complexity index is 701. The molecule has 0 aliphatic heterocycles. The Hall–Kier alpha value is -1.07. The maximum absolute atomic E-state index is 12.1. The summed E-state index contributed by atoms with van der Waals surface area (Å²) in [4.78, 5) is 0.274. The summed E-state index contributed by atoms with van der Waals surface area (Å²) in [6.45, 7) is 2.17. The van der Waals surface area contributed by atoms with Gasteiger partial charge in [-0.05, 0) is 85.8 Å². The Morgan fingerprint density at radius 2 is 1.71 bits per heavy atom. The fourth-order valence-corrected chi connectivity index (χ4v) is 6.90. The van der Waals surface area contributed by atoms with E-state index in [9.17, 15) is 8.42 Å². The van der Waals surface area contributed by atoms with Gasteiger partial charge in [-0.2, -0.15) is 0 Å². The largest absolute Gasteiger partial charge is 0.398 e. The number of sulfonamides is 1. The van der Waals surface area contributed by atoms with Gasteiger partial charge >= 0.3 is 0 Å². The van der Waals surface area contributed by atoms with E-state index in [1.807, 2.05) is 6.07 Å². The zero-order valence-corrected chi connectivity index (χ0v) is 15.2. The van der Waals surface area contributed by atoms with Gasteiger partial charge in [0.05, 0.1) is 4.90 Å². The lowest BCUT2D eigenvalue weighted by molar-refractivity contribution is -0.0359. The van der Waals surface area contributed by atoms with E-state index in [2.05, 4.69) is 4.72 Å². The highest BCUT2D eigenvalue weighted by atomic mass is 32.2. The summed E-state index contributed by atoms with van der Waals surface area (Å²) in [7, 11) is -3.43. The van der Waals surface area contributed by atoms with E-state index in [0.29, 0.717) is 12.2 Å². The van der Waals surface area contributed by atoms with Gasteiger partial charge in [0.2, 0.25) is 10.0 Å². The predicted molar refractivity (Wildman–Crippen MR) is 96.0 cm³/mol. The van der Waals surface area contributed by atoms with Crippen molar-refractivity contribution < 1.29 is 8.42 Å². The molecule has 4 nitrogen and oxygen atoms in total. The van der Waals surface area contributed by atoms with Crippen molar-refractivity contribution >= 4 is 15.7 Å². The second-order valence-corrected chi connectivity index (χ2v) is 9.93. The van der Waals surface area contributed by atoms with E-state index >= 15 is 0 Å². The Balaban J connectivity index is 1.53. The number of nitrogen functional groups attached to an aromatic ring is 1. The van der Waals surface area contributed by atoms with Crippen LogP contribution in [-0.4, -0.2) is 15.0 Å². The quantitative estimate of drug-likeness (QED) is 0.803. The van der Waals surface area contributed by atoms with Crippen molar-refractivity contribution in [3.05, 3.63) is 23.8 Å². The first-order chi connectivity index (χ1) is 11.5. The van der Waals surface area contributed by atoms with Gasteiger partial charge in [0.1, 0.15) is 0 Å². The molecule has 1 aromatic rings. The van der Waals surface area contributed by atoms with E-state index in [1.165, 1.54) is 32.1 Å². The minimum atomic E-state index is -3.43. The van der Waals surface area contributed by atoms with Crippen LogP contribution in [0.1, 0.15) is 44.6 Å². The Morgan fingerprint density at radius 3 is 2.25 bits per heavy atom. The van der Waals surface area contributed by atoms with Gasteiger partial charge in [-0.25, -0.2) is 13.1 Å². The van der Waals surface area contributed by atoms with Crippen LogP contribution in [0.25, 0.3) is 0 Å². The van der Waals surface area contributed by atoms with Crippen molar-refractivity contribution in [1.82, 2.24) is 4.72 Å². The molecule has 4 aliphatic carbocycles. The highest BCUT2D eigenvalue weighted by Gasteiger charge is 2.47. The molecule has 0 heterocycles. The van der Waals surface area contributed by atoms with Gasteiger partial charge in [-0.1, -0.05) is 13.0 Å². The number of hydrogen-bond acceptors (Lipinski definition) is 3. The molecule has 0 unspecified atom stereocenters. The summed E-state index contributed by atoms with van der Waals surface area (Å²) in [5, 5.41) is 0. The molecule has 4 aliphatic rings. The number of anilines is 1. The average Bonchev–Trinajstić information content (AvgIpc) is 2.51. The number of nitrogens with one attached hydrogen (secondary N) is 1. The van der Waals surface area contributed by atoms with Crippen molar-refractivity contribution in [1.29, 1.82) is 0 Å². The molecule has 0 amide bonds. The standard InChI is InChI=1S/C19H28N2O2S/c1-2-21-24(22,23)17-4-3-14(19(20)11-17)10-18-15-6-12-5-13(8-15)9-16(18)7-12/h3-4,11-13,15-16,18,21H,2,5-10,20H2,1H3. The summed E-state index contributed by atoms with van der Waals surface area (Å²) < 4.78 is 26.8. The number of nitrogens with two attached hydrogens (primary N) is 1. The van der Waals surface area contributed by atoms with Gasteiger partial charge in [0, 0.05) is 12.2 Å². The smallest absolute Gasteiger partial charge is 0.240 e. The zero-order valence-electron chi connectivity index (χ0n) is 14.4. The van der Waals surface area contributed by atoms with E-state index in [1.54, 1.807) is 19.1 Å². The van der Waals surface area contributed by atoms with Crippen molar-refractivity contribution in [3.63, 3.8) is 0 Å². The van der Waals surface area contributed by atoms with Crippen molar-refractivity contribution in [3.8, 4) is 0 Å². The lowest BCUT2D eigenvalue weighted by Gasteiger charge is -2.54. The first-order valence-electron chi connectivity index (χ1n) is 9.34. The van der Waals surface area contributed by atoms with Gasteiger partial charge in [0.15, 0.2) is 0 Å². The van der Waals surface area contributed by atoms with Crippen LogP contribution in [0.2, 0.25) is 0 Å². The average molecular weight is 349 g/mol. The molecule has 0 saturated heterocycles. The SMILES string of the molecule is CCNS(=O)(=O)c1ccc(CC2C3CC4CC(C3)CC2C4)c(N)c1. The Kier molecular flexibility index (Phi) is 4.12. The molecule has 5 heteroatoms. The van der Waals surface area contributed by atoms with Gasteiger partial charge in [-0.15, -0.1) is 0 Å². The van der Waals surface area contributed by atoms with Gasteiger partial charge in [-0.3, -0.25) is 0 Å². The third-order valence-electron chi connectivity index (χ3n) is 6.64. The van der Waals surface area contributed by atoms with Crippen LogP contribution < -0.4 is 10.5 Å². The first kappa shape index (κ1) is 16.4. The molecule has 24 heavy (non-hydrogen) atoms. The molecule has 132 valence electrons. The van der Waals surface area contributed by atoms with Crippen LogP contribution in [0, 0.1) is 29.6 Å². The molecular formula is C19H28N2O2S. The van der Waals surface area contributed by atoms with E-state index < -0.39 is 10.0 Å². The molecule has 3 N–H and O–H groups in total. The summed E-state index contributed by atoms with van der Waals surface area (Å²) in [5.41, 5.74) is 7.98. The van der Waals surface area contributed by atoms with Crippen molar-refractivity contribution in [2.45, 2.75) is 50.3 Å². The lowest BCUT2D eigenvalue weighted by atomic mass is 9.51. The fraction of sp³-hybridized carbons (Fsp3) is 0.684. The maximum atomic E-state index is 12.1. The normalized spacial score (nSPS) is 34.6. The summed E-state index contributed by atoms with van der Waals surface area (Å²) in [6, 6.07) is 5.27. The molecule has 4 saturated carbocycles. The summed E-state index contributed by atoms with van der Waals surface area (Å²) in [5.74, 6) is 4.44. The molecule has 4 bridgehead atoms. The third kappa shape index (κ3) is 2.86. The molecule has 0 aromatic heterocycles. The molecule has 1 aromatic carbocycles. The third-order valence-corrected chi connectivity index (χ3v) is 8.18. The predicted octanol–water partition coefficient (Wildman–Crippen LogP) is 3.18. The Labute approximate surface area is 145 Å². The first-order valence-corrected chi connectivity index (χ1v) is 10.8. The summed E-state index contributed by atoms with van der Waals surface area (Å²) >= 11 is 0. The lowest BCUT2D eigenvalue weighted by Crippen LogP contribution is -2.45.